The molecule has 1 aliphatic rings. The summed E-state index contributed by atoms with van der Waals surface area (Å²) in [6.07, 6.45) is 1.67. The maximum atomic E-state index is 12.8. The fourth-order valence-corrected chi connectivity index (χ4v) is 4.20. The number of likely N-dealkylation sites (tertiary alicyclic amines) is 1. The van der Waals surface area contributed by atoms with Gasteiger partial charge in [0.25, 0.3) is 21.8 Å². The minimum Gasteiger partial charge on any atom is -0.497 e. The number of nitrogens with zero attached hydrogens (tertiary/aromatic N) is 1. The maximum Gasteiger partial charge on any atom is 0.290 e. The van der Waals surface area contributed by atoms with Crippen molar-refractivity contribution in [1.82, 2.24) is 9.62 Å². The van der Waals surface area contributed by atoms with E-state index in [0.717, 1.165) is 0 Å². The van der Waals surface area contributed by atoms with Crippen LogP contribution in [0.4, 0.5) is 0 Å². The highest BCUT2D eigenvalue weighted by Crippen LogP contribution is 2.34. The first kappa shape index (κ1) is 19.7. The van der Waals surface area contributed by atoms with Crippen LogP contribution in [0.3, 0.4) is 0 Å². The summed E-state index contributed by atoms with van der Waals surface area (Å²) in [7, 11) is -1.55. The normalized spacial score (nSPS) is 18.9. The topological polar surface area (TPSA) is 115 Å². The fraction of sp³-hybridized carbons (Fsp3) is 0.333. The number of furan rings is 1. The Morgan fingerprint density at radius 1 is 1.21 bits per heavy atom. The summed E-state index contributed by atoms with van der Waals surface area (Å²) >= 11 is 0. The van der Waals surface area contributed by atoms with E-state index in [1.54, 1.807) is 6.07 Å². The molecular weight excluding hydrogens is 388 g/mol. The van der Waals surface area contributed by atoms with Crippen molar-refractivity contribution >= 4 is 21.8 Å². The molecular formula is C18H20N2O7S. The van der Waals surface area contributed by atoms with Crippen LogP contribution in [0.2, 0.25) is 0 Å². The molecule has 2 heterocycles. The molecule has 0 spiro atoms. The minimum atomic E-state index is -4.26. The van der Waals surface area contributed by atoms with Crippen LogP contribution in [0, 0.1) is 0 Å². The molecule has 150 valence electrons. The van der Waals surface area contributed by atoms with Gasteiger partial charge in [-0.15, -0.1) is 0 Å². The standard InChI is InChI=1S/C18H20N2O7S/c1-18(8-9-20(18)16(21)14-5-4-10-27-14)17(22)19-28(23,24)15-11-12(25-2)6-7-13(15)26-3/h4-7,10-11H,8-9H2,1-3H3,(H,19,22). The predicted molar refractivity (Wildman–Crippen MR) is 97.6 cm³/mol. The number of sulfonamides is 1. The number of hydrogen-bond acceptors (Lipinski definition) is 7. The molecule has 1 saturated heterocycles. The molecule has 1 aromatic carbocycles. The van der Waals surface area contributed by atoms with Gasteiger partial charge in [0.1, 0.15) is 21.9 Å². The molecule has 3 rings (SSSR count). The summed E-state index contributed by atoms with van der Waals surface area (Å²) < 4.78 is 42.8. The summed E-state index contributed by atoms with van der Waals surface area (Å²) in [5.41, 5.74) is -1.32. The maximum absolute atomic E-state index is 12.8. The lowest BCUT2D eigenvalue weighted by Crippen LogP contribution is -2.67. The summed E-state index contributed by atoms with van der Waals surface area (Å²) in [6.45, 7) is 1.82. The van der Waals surface area contributed by atoms with Crippen molar-refractivity contribution in [3.05, 3.63) is 42.4 Å². The van der Waals surface area contributed by atoms with Gasteiger partial charge in [-0.2, -0.15) is 0 Å². The van der Waals surface area contributed by atoms with Gasteiger partial charge in [-0.05, 0) is 37.6 Å². The first-order chi connectivity index (χ1) is 13.2. The van der Waals surface area contributed by atoms with Crippen LogP contribution in [-0.4, -0.2) is 51.4 Å². The van der Waals surface area contributed by atoms with Gasteiger partial charge in [-0.25, -0.2) is 13.1 Å². The van der Waals surface area contributed by atoms with Gasteiger partial charge in [0.15, 0.2) is 5.76 Å². The Hall–Kier alpha value is -3.01. The zero-order valence-electron chi connectivity index (χ0n) is 15.6. The summed E-state index contributed by atoms with van der Waals surface area (Å²) in [5.74, 6) is -0.869. The highest BCUT2D eigenvalue weighted by atomic mass is 32.2. The third-order valence-corrected chi connectivity index (χ3v) is 6.12. The van der Waals surface area contributed by atoms with E-state index in [9.17, 15) is 18.0 Å². The molecule has 28 heavy (non-hydrogen) atoms. The van der Waals surface area contributed by atoms with E-state index in [2.05, 4.69) is 0 Å². The van der Waals surface area contributed by atoms with E-state index in [4.69, 9.17) is 13.9 Å². The van der Waals surface area contributed by atoms with Crippen LogP contribution in [0.15, 0.2) is 45.9 Å². The molecule has 1 fully saturated rings. The number of hydrogen-bond donors (Lipinski definition) is 1. The molecule has 1 aliphatic heterocycles. The third-order valence-electron chi connectivity index (χ3n) is 4.77. The Kier molecular flexibility index (Phi) is 5.07. The van der Waals surface area contributed by atoms with Crippen LogP contribution in [0.25, 0.3) is 0 Å². The number of carbonyl (C=O) groups excluding carboxylic acids is 2. The van der Waals surface area contributed by atoms with Gasteiger partial charge in [0.2, 0.25) is 0 Å². The van der Waals surface area contributed by atoms with Gasteiger partial charge in [0.05, 0.1) is 20.5 Å². The second kappa shape index (κ2) is 7.19. The number of rotatable bonds is 6. The lowest BCUT2D eigenvalue weighted by atomic mass is 9.85. The SMILES string of the molecule is COc1ccc(OC)c(S(=O)(=O)NC(=O)C2(C)CCN2C(=O)c2ccco2)c1. The fourth-order valence-electron chi connectivity index (χ4n) is 2.94. The van der Waals surface area contributed by atoms with Crippen LogP contribution in [0.1, 0.15) is 23.9 Å². The van der Waals surface area contributed by atoms with Crippen molar-refractivity contribution in [3.63, 3.8) is 0 Å². The smallest absolute Gasteiger partial charge is 0.290 e. The Morgan fingerprint density at radius 3 is 2.50 bits per heavy atom. The van der Waals surface area contributed by atoms with E-state index in [0.29, 0.717) is 13.0 Å². The van der Waals surface area contributed by atoms with Gasteiger partial charge >= 0.3 is 0 Å². The number of benzene rings is 1. The molecule has 0 bridgehead atoms. The van der Waals surface area contributed by atoms with Gasteiger partial charge in [0, 0.05) is 12.6 Å². The van der Waals surface area contributed by atoms with Gasteiger partial charge in [-0.1, -0.05) is 0 Å². The molecule has 0 aliphatic carbocycles. The van der Waals surface area contributed by atoms with Crippen molar-refractivity contribution < 1.29 is 31.9 Å². The zero-order valence-corrected chi connectivity index (χ0v) is 16.4. The highest BCUT2D eigenvalue weighted by molar-refractivity contribution is 7.90. The average Bonchev–Trinajstić information content (AvgIpc) is 3.20. The first-order valence-electron chi connectivity index (χ1n) is 8.37. The molecule has 1 unspecified atom stereocenters. The summed E-state index contributed by atoms with van der Waals surface area (Å²) in [6, 6.07) is 7.26. The lowest BCUT2D eigenvalue weighted by Gasteiger charge is -2.48. The Balaban J connectivity index is 1.85. The zero-order chi connectivity index (χ0) is 20.5. The number of ether oxygens (including phenoxy) is 2. The monoisotopic (exact) mass is 408 g/mol. The van der Waals surface area contributed by atoms with Crippen LogP contribution in [-0.2, 0) is 14.8 Å². The highest BCUT2D eigenvalue weighted by Gasteiger charge is 2.51. The Bertz CT molecular complexity index is 1000. The molecule has 2 aromatic rings. The molecule has 10 heteroatoms. The number of nitrogens with one attached hydrogen (secondary N) is 1. The molecule has 1 atom stereocenters. The average molecular weight is 408 g/mol. The largest absolute Gasteiger partial charge is 0.497 e. The number of carbonyl (C=O) groups is 2. The quantitative estimate of drug-likeness (QED) is 0.768. The van der Waals surface area contributed by atoms with Crippen LogP contribution >= 0.6 is 0 Å². The predicted octanol–water partition coefficient (Wildman–Crippen LogP) is 1.41. The summed E-state index contributed by atoms with van der Waals surface area (Å²) in [5, 5.41) is 0. The van der Waals surface area contributed by atoms with Crippen LogP contribution in [0.5, 0.6) is 11.5 Å². The third kappa shape index (κ3) is 3.31. The number of amides is 2. The molecule has 1 N–H and O–H groups in total. The van der Waals surface area contributed by atoms with Gasteiger partial charge < -0.3 is 18.8 Å². The molecule has 2 amide bonds. The van der Waals surface area contributed by atoms with E-state index in [1.807, 2.05) is 4.72 Å². The van der Waals surface area contributed by atoms with Gasteiger partial charge in [-0.3, -0.25) is 9.59 Å². The van der Waals surface area contributed by atoms with E-state index in [1.165, 1.54) is 56.6 Å². The lowest BCUT2D eigenvalue weighted by molar-refractivity contribution is -0.135. The van der Waals surface area contributed by atoms with Crippen molar-refractivity contribution in [1.29, 1.82) is 0 Å². The molecule has 0 saturated carbocycles. The van der Waals surface area contributed by atoms with Crippen molar-refractivity contribution in [2.24, 2.45) is 0 Å². The second-order valence-electron chi connectivity index (χ2n) is 6.41. The van der Waals surface area contributed by atoms with Crippen molar-refractivity contribution in [3.8, 4) is 11.5 Å². The van der Waals surface area contributed by atoms with E-state index < -0.39 is 27.4 Å². The first-order valence-corrected chi connectivity index (χ1v) is 9.86. The molecule has 0 radical (unpaired) electrons. The Labute approximate surface area is 162 Å². The van der Waals surface area contributed by atoms with Crippen molar-refractivity contribution in [2.45, 2.75) is 23.8 Å². The second-order valence-corrected chi connectivity index (χ2v) is 8.06. The summed E-state index contributed by atoms with van der Waals surface area (Å²) in [4.78, 5) is 26.3. The van der Waals surface area contributed by atoms with E-state index in [-0.39, 0.29) is 22.2 Å². The van der Waals surface area contributed by atoms with E-state index >= 15 is 0 Å². The van der Waals surface area contributed by atoms with Crippen molar-refractivity contribution in [2.75, 3.05) is 20.8 Å². The van der Waals surface area contributed by atoms with Crippen LogP contribution < -0.4 is 14.2 Å². The molecule has 1 aromatic heterocycles. The Morgan fingerprint density at radius 2 is 1.96 bits per heavy atom. The minimum absolute atomic E-state index is 0.0587. The molecule has 9 nitrogen and oxygen atoms in total. The number of methoxy groups -OCH3 is 2.